The van der Waals surface area contributed by atoms with Gasteiger partial charge >= 0.3 is 0 Å². The molecular formula is C23H31N5O2. The molecule has 0 N–H and O–H groups in total. The maximum absolute atomic E-state index is 12.7. The zero-order valence-electron chi connectivity index (χ0n) is 18.2. The molecule has 1 atom stereocenters. The predicted octanol–water partition coefficient (Wildman–Crippen LogP) is 2.84. The Kier molecular flexibility index (Phi) is 5.99. The van der Waals surface area contributed by atoms with Gasteiger partial charge in [-0.1, -0.05) is 0 Å². The second-order valence-corrected chi connectivity index (χ2v) is 8.40. The van der Waals surface area contributed by atoms with E-state index in [1.165, 1.54) is 5.56 Å². The Morgan fingerprint density at radius 1 is 1.33 bits per heavy atom. The van der Waals surface area contributed by atoms with Crippen molar-refractivity contribution in [1.29, 1.82) is 0 Å². The van der Waals surface area contributed by atoms with Gasteiger partial charge in [0, 0.05) is 62.7 Å². The second-order valence-electron chi connectivity index (χ2n) is 8.40. The molecule has 7 heteroatoms. The summed E-state index contributed by atoms with van der Waals surface area (Å²) in [6.45, 7) is 5.05. The Balaban J connectivity index is 1.74. The van der Waals surface area contributed by atoms with Crippen LogP contribution in [0.4, 0.5) is 5.82 Å². The summed E-state index contributed by atoms with van der Waals surface area (Å²) in [4.78, 5) is 31.2. The number of likely N-dealkylation sites (tertiary alicyclic amines) is 1. The van der Waals surface area contributed by atoms with Crippen molar-refractivity contribution < 1.29 is 9.53 Å². The van der Waals surface area contributed by atoms with Crippen molar-refractivity contribution in [2.24, 2.45) is 0 Å². The Hall–Kier alpha value is -2.54. The van der Waals surface area contributed by atoms with Crippen LogP contribution in [0.2, 0.25) is 0 Å². The Bertz CT molecular complexity index is 904. The monoisotopic (exact) mass is 409 g/mol. The smallest absolute Gasteiger partial charge is 0.224 e. The van der Waals surface area contributed by atoms with Crippen LogP contribution in [-0.2, 0) is 21.4 Å². The highest BCUT2D eigenvalue weighted by Gasteiger charge is 2.46. The van der Waals surface area contributed by atoms with Crippen molar-refractivity contribution in [3.63, 3.8) is 0 Å². The summed E-state index contributed by atoms with van der Waals surface area (Å²) in [5.41, 5.74) is 3.23. The van der Waals surface area contributed by atoms with Gasteiger partial charge in [-0.2, -0.15) is 0 Å². The molecule has 0 radical (unpaired) electrons. The summed E-state index contributed by atoms with van der Waals surface area (Å²) in [6.07, 6.45) is 8.07. The van der Waals surface area contributed by atoms with Crippen molar-refractivity contribution in [2.45, 2.75) is 44.4 Å². The van der Waals surface area contributed by atoms with Gasteiger partial charge in [0.05, 0.1) is 18.7 Å². The van der Waals surface area contributed by atoms with E-state index in [-0.39, 0.29) is 11.3 Å². The maximum atomic E-state index is 12.7. The van der Waals surface area contributed by atoms with Gasteiger partial charge in [0.25, 0.3) is 0 Å². The van der Waals surface area contributed by atoms with Crippen molar-refractivity contribution in [3.05, 3.63) is 35.8 Å². The van der Waals surface area contributed by atoms with Crippen LogP contribution in [0.1, 0.15) is 43.9 Å². The third kappa shape index (κ3) is 3.78. The first kappa shape index (κ1) is 20.7. The lowest BCUT2D eigenvalue weighted by atomic mass is 9.77. The van der Waals surface area contributed by atoms with Gasteiger partial charge in [0.15, 0.2) is 5.82 Å². The van der Waals surface area contributed by atoms with E-state index in [1.807, 2.05) is 23.2 Å². The molecule has 1 aliphatic heterocycles. The van der Waals surface area contributed by atoms with Crippen molar-refractivity contribution in [3.8, 4) is 11.4 Å². The minimum Gasteiger partial charge on any atom is -0.384 e. The molecule has 0 aromatic carbocycles. The third-order valence-electron chi connectivity index (χ3n) is 6.55. The zero-order chi connectivity index (χ0) is 21.1. The molecule has 7 nitrogen and oxygen atoms in total. The van der Waals surface area contributed by atoms with E-state index in [2.05, 4.69) is 23.9 Å². The Labute approximate surface area is 178 Å². The summed E-state index contributed by atoms with van der Waals surface area (Å²) in [7, 11) is 3.73. The van der Waals surface area contributed by atoms with Crippen molar-refractivity contribution >= 4 is 11.7 Å². The number of aromatic nitrogens is 3. The average molecular weight is 410 g/mol. The lowest BCUT2D eigenvalue weighted by Crippen LogP contribution is -2.48. The first-order valence-corrected chi connectivity index (χ1v) is 10.9. The fraction of sp³-hybridized carbons (Fsp3) is 0.565. The van der Waals surface area contributed by atoms with Crippen LogP contribution in [0, 0.1) is 0 Å². The molecule has 1 aliphatic carbocycles. The minimum atomic E-state index is -0.0838. The highest BCUT2D eigenvalue weighted by molar-refractivity contribution is 5.76. The molecule has 3 heterocycles. The Morgan fingerprint density at radius 3 is 2.93 bits per heavy atom. The number of fused-ring (bicyclic) bond motifs is 2. The number of carbonyl (C=O) groups excluding carboxylic acids is 1. The molecule has 4 rings (SSSR count). The van der Waals surface area contributed by atoms with Crippen LogP contribution in [-0.4, -0.2) is 66.2 Å². The summed E-state index contributed by atoms with van der Waals surface area (Å²) < 4.78 is 5.12. The van der Waals surface area contributed by atoms with Crippen LogP contribution in [0.3, 0.4) is 0 Å². The first-order chi connectivity index (χ1) is 14.6. The predicted molar refractivity (Wildman–Crippen MR) is 117 cm³/mol. The zero-order valence-corrected chi connectivity index (χ0v) is 18.2. The molecule has 2 aliphatic rings. The number of ether oxygens (including phenoxy) is 1. The molecule has 1 unspecified atom stereocenters. The summed E-state index contributed by atoms with van der Waals surface area (Å²) in [6, 6.07) is 3.93. The number of hydrogen-bond acceptors (Lipinski definition) is 6. The highest BCUT2D eigenvalue weighted by atomic mass is 16.5. The molecule has 1 fully saturated rings. The number of piperidine rings is 1. The van der Waals surface area contributed by atoms with E-state index >= 15 is 0 Å². The quantitative estimate of drug-likeness (QED) is 0.731. The normalized spacial score (nSPS) is 20.4. The molecule has 0 saturated carbocycles. The standard InChI is InChI=1S/C23H31N5O2/c1-4-27(2)22-18-8-11-23(10-6-13-28(16-23)19(29)9-14-30-3)20(18)25-21(26-22)17-7-5-12-24-15-17/h5,7,12,15H,4,6,8-11,13-14,16H2,1-3H3. The SMILES string of the molecule is CCN(C)c1nc(-c2cccnc2)nc2c1CCC21CCCN(C(=O)CCOC)C1. The van der Waals surface area contributed by atoms with Crippen LogP contribution < -0.4 is 4.90 Å². The molecule has 1 saturated heterocycles. The maximum Gasteiger partial charge on any atom is 0.224 e. The van der Waals surface area contributed by atoms with E-state index in [0.29, 0.717) is 13.0 Å². The fourth-order valence-corrected chi connectivity index (χ4v) is 4.80. The van der Waals surface area contributed by atoms with Gasteiger partial charge in [-0.25, -0.2) is 9.97 Å². The largest absolute Gasteiger partial charge is 0.384 e. The number of carbonyl (C=O) groups is 1. The summed E-state index contributed by atoms with van der Waals surface area (Å²) in [5.74, 6) is 1.92. The summed E-state index contributed by atoms with van der Waals surface area (Å²) >= 11 is 0. The van der Waals surface area contributed by atoms with E-state index < -0.39 is 0 Å². The molecule has 30 heavy (non-hydrogen) atoms. The Morgan fingerprint density at radius 2 is 2.20 bits per heavy atom. The lowest BCUT2D eigenvalue weighted by molar-refractivity contribution is -0.134. The average Bonchev–Trinajstić information content (AvgIpc) is 3.14. The number of nitrogens with zero attached hydrogens (tertiary/aromatic N) is 5. The molecular weight excluding hydrogens is 378 g/mol. The molecule has 2 aromatic heterocycles. The van der Waals surface area contributed by atoms with Gasteiger partial charge in [0.1, 0.15) is 5.82 Å². The van der Waals surface area contributed by atoms with Crippen LogP contribution in [0.15, 0.2) is 24.5 Å². The lowest BCUT2D eigenvalue weighted by Gasteiger charge is -2.40. The van der Waals surface area contributed by atoms with Crippen LogP contribution in [0.25, 0.3) is 11.4 Å². The van der Waals surface area contributed by atoms with Gasteiger partial charge in [-0.05, 0) is 44.7 Å². The number of pyridine rings is 1. The number of hydrogen-bond donors (Lipinski definition) is 0. The van der Waals surface area contributed by atoms with Crippen molar-refractivity contribution in [1.82, 2.24) is 19.9 Å². The molecule has 160 valence electrons. The second kappa shape index (κ2) is 8.68. The number of rotatable bonds is 6. The van der Waals surface area contributed by atoms with Crippen LogP contribution >= 0.6 is 0 Å². The minimum absolute atomic E-state index is 0.0838. The number of amides is 1. The van der Waals surface area contributed by atoms with Gasteiger partial charge in [-0.3, -0.25) is 9.78 Å². The molecule has 0 bridgehead atoms. The fourth-order valence-electron chi connectivity index (χ4n) is 4.80. The van der Waals surface area contributed by atoms with Gasteiger partial charge in [-0.15, -0.1) is 0 Å². The third-order valence-corrected chi connectivity index (χ3v) is 6.55. The van der Waals surface area contributed by atoms with Gasteiger partial charge in [0.2, 0.25) is 5.91 Å². The summed E-state index contributed by atoms with van der Waals surface area (Å²) in [5, 5.41) is 0. The molecule has 1 spiro atoms. The topological polar surface area (TPSA) is 71.5 Å². The van der Waals surface area contributed by atoms with Gasteiger partial charge < -0.3 is 14.5 Å². The number of methoxy groups -OCH3 is 1. The van der Waals surface area contributed by atoms with Crippen LogP contribution in [0.5, 0.6) is 0 Å². The first-order valence-electron chi connectivity index (χ1n) is 10.9. The highest BCUT2D eigenvalue weighted by Crippen LogP contribution is 2.47. The van der Waals surface area contributed by atoms with E-state index in [0.717, 1.165) is 68.2 Å². The molecule has 2 aromatic rings. The van der Waals surface area contributed by atoms with E-state index in [9.17, 15) is 4.79 Å². The van der Waals surface area contributed by atoms with Crippen molar-refractivity contribution in [2.75, 3.05) is 45.3 Å². The number of anilines is 1. The molecule has 1 amide bonds. The van der Waals surface area contributed by atoms with E-state index in [1.54, 1.807) is 13.3 Å². The van der Waals surface area contributed by atoms with E-state index in [4.69, 9.17) is 14.7 Å².